The number of fused-ring (bicyclic) bond motifs is 1. The van der Waals surface area contributed by atoms with E-state index in [1.165, 1.54) is 12.8 Å². The van der Waals surface area contributed by atoms with Crippen LogP contribution in [0.4, 0.5) is 4.39 Å². The monoisotopic (exact) mass is 249 g/mol. The summed E-state index contributed by atoms with van der Waals surface area (Å²) in [6, 6.07) is 5.79. The summed E-state index contributed by atoms with van der Waals surface area (Å²) in [4.78, 5) is 0. The summed E-state index contributed by atoms with van der Waals surface area (Å²) in [5.74, 6) is 0.673. The molecule has 2 nitrogen and oxygen atoms in total. The highest BCUT2D eigenvalue weighted by Gasteiger charge is 2.24. The highest BCUT2D eigenvalue weighted by Crippen LogP contribution is 2.32. The minimum absolute atomic E-state index is 0.0407. The van der Waals surface area contributed by atoms with Crippen LogP contribution in [0.2, 0.25) is 0 Å². The van der Waals surface area contributed by atoms with Gasteiger partial charge in [-0.2, -0.15) is 0 Å². The van der Waals surface area contributed by atoms with Crippen LogP contribution < -0.4 is 5.32 Å². The number of benzene rings is 1. The molecule has 1 aliphatic heterocycles. The van der Waals surface area contributed by atoms with Crippen LogP contribution in [0.1, 0.15) is 36.4 Å². The summed E-state index contributed by atoms with van der Waals surface area (Å²) in [6.07, 6.45) is 4.25. The van der Waals surface area contributed by atoms with E-state index in [4.69, 9.17) is 4.74 Å². The maximum Gasteiger partial charge on any atom is 0.126 e. The van der Waals surface area contributed by atoms with Crippen LogP contribution in [0.5, 0.6) is 0 Å². The number of ether oxygens (including phenoxy) is 1. The van der Waals surface area contributed by atoms with Crippen molar-refractivity contribution < 1.29 is 9.13 Å². The molecule has 0 saturated carbocycles. The van der Waals surface area contributed by atoms with Crippen molar-refractivity contribution in [3.8, 4) is 0 Å². The average Bonchev–Trinajstić information content (AvgIpc) is 3.00. The Kier molecular flexibility index (Phi) is 3.62. The number of nitrogens with one attached hydrogen (secondary N) is 1. The molecule has 3 rings (SSSR count). The van der Waals surface area contributed by atoms with Crippen molar-refractivity contribution in [1.29, 1.82) is 0 Å². The standard InChI is InChI=1S/C15H20FNO/c16-14-3-1-2-13-12(14)4-5-15(13)17-8-6-11-7-9-18-10-11/h1-3,11,15,17H,4-10H2. The summed E-state index contributed by atoms with van der Waals surface area (Å²) in [6.45, 7) is 2.84. The highest BCUT2D eigenvalue weighted by atomic mass is 19.1. The van der Waals surface area contributed by atoms with Crippen molar-refractivity contribution in [2.45, 2.75) is 31.7 Å². The Labute approximate surface area is 108 Å². The van der Waals surface area contributed by atoms with Crippen LogP contribution in [-0.4, -0.2) is 19.8 Å². The number of rotatable bonds is 4. The zero-order valence-electron chi connectivity index (χ0n) is 10.6. The molecule has 3 heteroatoms. The first-order chi connectivity index (χ1) is 8.84. The van der Waals surface area contributed by atoms with Crippen molar-refractivity contribution in [1.82, 2.24) is 5.32 Å². The molecule has 1 aromatic rings. The Morgan fingerprint density at radius 2 is 2.28 bits per heavy atom. The topological polar surface area (TPSA) is 21.3 Å². The van der Waals surface area contributed by atoms with Crippen molar-refractivity contribution >= 4 is 0 Å². The third-order valence-corrected chi connectivity index (χ3v) is 4.18. The van der Waals surface area contributed by atoms with Gasteiger partial charge in [0.25, 0.3) is 0 Å². The van der Waals surface area contributed by atoms with Gasteiger partial charge in [-0.15, -0.1) is 0 Å². The SMILES string of the molecule is Fc1cccc2c1CCC2NCCC1CCOC1. The molecule has 2 unspecified atom stereocenters. The zero-order chi connectivity index (χ0) is 12.4. The van der Waals surface area contributed by atoms with Crippen LogP contribution in [-0.2, 0) is 11.2 Å². The largest absolute Gasteiger partial charge is 0.381 e. The van der Waals surface area contributed by atoms with Gasteiger partial charge in [-0.25, -0.2) is 4.39 Å². The molecule has 0 aromatic heterocycles. The Morgan fingerprint density at radius 3 is 3.11 bits per heavy atom. The second-order valence-electron chi connectivity index (χ2n) is 5.37. The second kappa shape index (κ2) is 5.37. The molecule has 0 radical (unpaired) electrons. The van der Waals surface area contributed by atoms with Gasteiger partial charge in [-0.1, -0.05) is 12.1 Å². The molecule has 1 fully saturated rings. The van der Waals surface area contributed by atoms with E-state index in [9.17, 15) is 4.39 Å². The van der Waals surface area contributed by atoms with Gasteiger partial charge in [0, 0.05) is 19.3 Å². The lowest BCUT2D eigenvalue weighted by Gasteiger charge is -2.15. The molecule has 1 aliphatic carbocycles. The van der Waals surface area contributed by atoms with Crippen LogP contribution in [0.25, 0.3) is 0 Å². The molecule has 1 N–H and O–H groups in total. The fourth-order valence-corrected chi connectivity index (χ4v) is 3.09. The summed E-state index contributed by atoms with van der Waals surface area (Å²) < 4.78 is 19.0. The minimum Gasteiger partial charge on any atom is -0.381 e. The van der Waals surface area contributed by atoms with Crippen LogP contribution in [0.3, 0.4) is 0 Å². The Bertz CT molecular complexity index is 415. The van der Waals surface area contributed by atoms with E-state index < -0.39 is 0 Å². The molecule has 2 aliphatic rings. The zero-order valence-corrected chi connectivity index (χ0v) is 10.6. The van der Waals surface area contributed by atoms with Gasteiger partial charge in [-0.3, -0.25) is 0 Å². The van der Waals surface area contributed by atoms with Crippen molar-refractivity contribution in [2.75, 3.05) is 19.8 Å². The third kappa shape index (κ3) is 2.43. The summed E-state index contributed by atoms with van der Waals surface area (Å²) in [7, 11) is 0. The lowest BCUT2D eigenvalue weighted by molar-refractivity contribution is 0.184. The molecule has 0 spiro atoms. The van der Waals surface area contributed by atoms with Crippen LogP contribution in [0.15, 0.2) is 18.2 Å². The van der Waals surface area contributed by atoms with E-state index >= 15 is 0 Å². The molecule has 0 bridgehead atoms. The number of hydrogen-bond acceptors (Lipinski definition) is 2. The molecule has 98 valence electrons. The second-order valence-corrected chi connectivity index (χ2v) is 5.37. The van der Waals surface area contributed by atoms with E-state index in [1.807, 2.05) is 6.07 Å². The van der Waals surface area contributed by atoms with Crippen LogP contribution in [0, 0.1) is 11.7 Å². The summed E-state index contributed by atoms with van der Waals surface area (Å²) >= 11 is 0. The van der Waals surface area contributed by atoms with E-state index in [0.29, 0.717) is 12.0 Å². The van der Waals surface area contributed by atoms with E-state index in [0.717, 1.165) is 43.7 Å². The van der Waals surface area contributed by atoms with E-state index in [-0.39, 0.29) is 5.82 Å². The quantitative estimate of drug-likeness (QED) is 0.886. The molecule has 0 amide bonds. The molecule has 1 saturated heterocycles. The fraction of sp³-hybridized carbons (Fsp3) is 0.600. The van der Waals surface area contributed by atoms with E-state index in [1.54, 1.807) is 6.07 Å². The molecule has 2 atom stereocenters. The Balaban J connectivity index is 1.54. The van der Waals surface area contributed by atoms with Gasteiger partial charge in [0.2, 0.25) is 0 Å². The smallest absolute Gasteiger partial charge is 0.126 e. The van der Waals surface area contributed by atoms with Crippen LogP contribution >= 0.6 is 0 Å². The molecule has 18 heavy (non-hydrogen) atoms. The van der Waals surface area contributed by atoms with Crippen molar-refractivity contribution in [3.05, 3.63) is 35.1 Å². The lowest BCUT2D eigenvalue weighted by atomic mass is 10.0. The predicted molar refractivity (Wildman–Crippen MR) is 69.0 cm³/mol. The summed E-state index contributed by atoms with van der Waals surface area (Å²) in [5.41, 5.74) is 2.08. The fourth-order valence-electron chi connectivity index (χ4n) is 3.09. The van der Waals surface area contributed by atoms with Gasteiger partial charge in [0.05, 0.1) is 0 Å². The highest BCUT2D eigenvalue weighted by molar-refractivity contribution is 5.35. The Hall–Kier alpha value is -0.930. The van der Waals surface area contributed by atoms with Gasteiger partial charge in [0.1, 0.15) is 5.82 Å². The average molecular weight is 249 g/mol. The van der Waals surface area contributed by atoms with Gasteiger partial charge >= 0.3 is 0 Å². The molecular weight excluding hydrogens is 229 g/mol. The van der Waals surface area contributed by atoms with Crippen molar-refractivity contribution in [3.63, 3.8) is 0 Å². The first-order valence-electron chi connectivity index (χ1n) is 6.93. The Morgan fingerprint density at radius 1 is 1.33 bits per heavy atom. The molecular formula is C15H20FNO. The third-order valence-electron chi connectivity index (χ3n) is 4.18. The predicted octanol–water partition coefficient (Wildman–Crippen LogP) is 2.83. The molecule has 1 aromatic carbocycles. The maximum absolute atomic E-state index is 13.6. The normalized spacial score (nSPS) is 26.5. The molecule has 1 heterocycles. The first-order valence-corrected chi connectivity index (χ1v) is 6.93. The van der Waals surface area contributed by atoms with Gasteiger partial charge < -0.3 is 10.1 Å². The summed E-state index contributed by atoms with van der Waals surface area (Å²) in [5, 5.41) is 3.57. The van der Waals surface area contributed by atoms with Gasteiger partial charge in [-0.05, 0) is 55.3 Å². The first kappa shape index (κ1) is 12.1. The van der Waals surface area contributed by atoms with Gasteiger partial charge in [0.15, 0.2) is 0 Å². The maximum atomic E-state index is 13.6. The number of hydrogen-bond donors (Lipinski definition) is 1. The lowest BCUT2D eigenvalue weighted by Crippen LogP contribution is -2.22. The minimum atomic E-state index is -0.0407. The number of halogens is 1. The van der Waals surface area contributed by atoms with Crippen molar-refractivity contribution in [2.24, 2.45) is 5.92 Å². The van der Waals surface area contributed by atoms with E-state index in [2.05, 4.69) is 11.4 Å².